The zero-order valence-electron chi connectivity index (χ0n) is 11.5. The van der Waals surface area contributed by atoms with E-state index in [1.54, 1.807) is 0 Å². The van der Waals surface area contributed by atoms with Crippen LogP contribution < -0.4 is 0 Å². The first-order valence-corrected chi connectivity index (χ1v) is 8.55. The Balaban J connectivity index is 2.23. The summed E-state index contributed by atoms with van der Waals surface area (Å²) >= 11 is 0. The summed E-state index contributed by atoms with van der Waals surface area (Å²) in [5.41, 5.74) is 0. The summed E-state index contributed by atoms with van der Waals surface area (Å²) in [6.07, 6.45) is 5.02. The predicted octanol–water partition coefficient (Wildman–Crippen LogP) is 1.06. The van der Waals surface area contributed by atoms with Crippen LogP contribution in [0.4, 0.5) is 0 Å². The minimum Gasteiger partial charge on any atom is -0.468 e. The molecular weight excluding hydrogens is 284 g/mol. The molecule has 1 aromatic rings. The highest BCUT2D eigenvalue weighted by Crippen LogP contribution is 2.37. The molecule has 0 saturated heterocycles. The predicted molar refractivity (Wildman–Crippen MR) is 69.6 cm³/mol. The van der Waals surface area contributed by atoms with Gasteiger partial charge < -0.3 is 9.26 Å². The average molecular weight is 302 g/mol. The maximum absolute atomic E-state index is 11.9. The SMILES string of the molecule is COC(=O)C(c1nc(CS(C)(=O)=O)no1)C1CCCC1. The van der Waals surface area contributed by atoms with Crippen LogP contribution in [0.3, 0.4) is 0 Å². The molecular formula is C12H18N2O5S. The molecule has 0 spiro atoms. The van der Waals surface area contributed by atoms with Gasteiger partial charge in [-0.3, -0.25) is 4.79 Å². The Bertz CT molecular complexity index is 574. The number of hydrogen-bond acceptors (Lipinski definition) is 7. The number of rotatable bonds is 5. The second-order valence-electron chi connectivity index (χ2n) is 5.16. The van der Waals surface area contributed by atoms with Crippen molar-refractivity contribution in [3.05, 3.63) is 11.7 Å². The molecule has 1 aliphatic rings. The highest BCUT2D eigenvalue weighted by atomic mass is 32.2. The first kappa shape index (κ1) is 15.0. The van der Waals surface area contributed by atoms with Gasteiger partial charge in [0.05, 0.1) is 7.11 Å². The third kappa shape index (κ3) is 3.56. The Hall–Kier alpha value is -1.44. The molecule has 0 amide bonds. The van der Waals surface area contributed by atoms with E-state index in [2.05, 4.69) is 10.1 Å². The van der Waals surface area contributed by atoms with Gasteiger partial charge in [-0.25, -0.2) is 8.42 Å². The standard InChI is InChI=1S/C12H18N2O5S/c1-18-12(15)10(8-5-3-4-6-8)11-13-9(14-19-11)7-20(2,16)17/h8,10H,3-7H2,1-2H3. The van der Waals surface area contributed by atoms with Gasteiger partial charge in [0, 0.05) is 6.26 Å². The van der Waals surface area contributed by atoms with Crippen molar-refractivity contribution in [1.82, 2.24) is 10.1 Å². The Kier molecular flexibility index (Phi) is 4.42. The number of esters is 1. The van der Waals surface area contributed by atoms with Crippen molar-refractivity contribution >= 4 is 15.8 Å². The lowest BCUT2D eigenvalue weighted by atomic mass is 9.91. The topological polar surface area (TPSA) is 99.4 Å². The second-order valence-corrected chi connectivity index (χ2v) is 7.30. The Morgan fingerprint density at radius 1 is 1.45 bits per heavy atom. The van der Waals surface area contributed by atoms with Gasteiger partial charge in [0.25, 0.3) is 0 Å². The van der Waals surface area contributed by atoms with Crippen molar-refractivity contribution in [2.45, 2.75) is 37.4 Å². The highest BCUT2D eigenvalue weighted by molar-refractivity contribution is 7.89. The molecule has 2 rings (SSSR count). The Labute approximate surface area is 117 Å². The van der Waals surface area contributed by atoms with E-state index in [0.29, 0.717) is 0 Å². The van der Waals surface area contributed by atoms with E-state index in [9.17, 15) is 13.2 Å². The average Bonchev–Trinajstić information content (AvgIpc) is 3.00. The molecule has 1 fully saturated rings. The van der Waals surface area contributed by atoms with Crippen LogP contribution in [0.15, 0.2) is 4.52 Å². The summed E-state index contributed by atoms with van der Waals surface area (Å²) in [6, 6.07) is 0. The fourth-order valence-electron chi connectivity index (χ4n) is 2.60. The van der Waals surface area contributed by atoms with Crippen molar-refractivity contribution in [2.75, 3.05) is 13.4 Å². The van der Waals surface area contributed by atoms with Crippen molar-refractivity contribution in [3.63, 3.8) is 0 Å². The molecule has 1 aliphatic carbocycles. The van der Waals surface area contributed by atoms with E-state index in [0.717, 1.165) is 31.9 Å². The van der Waals surface area contributed by atoms with Gasteiger partial charge in [-0.15, -0.1) is 0 Å². The third-order valence-electron chi connectivity index (χ3n) is 3.47. The smallest absolute Gasteiger partial charge is 0.318 e. The third-order valence-corrected chi connectivity index (χ3v) is 4.25. The van der Waals surface area contributed by atoms with E-state index >= 15 is 0 Å². The summed E-state index contributed by atoms with van der Waals surface area (Å²) < 4.78 is 32.3. The zero-order valence-corrected chi connectivity index (χ0v) is 12.4. The van der Waals surface area contributed by atoms with E-state index in [-0.39, 0.29) is 23.4 Å². The van der Waals surface area contributed by atoms with E-state index < -0.39 is 21.7 Å². The van der Waals surface area contributed by atoms with Crippen LogP contribution >= 0.6 is 0 Å². The van der Waals surface area contributed by atoms with Gasteiger partial charge in [-0.05, 0) is 18.8 Å². The maximum Gasteiger partial charge on any atom is 0.318 e. The molecule has 0 bridgehead atoms. The summed E-state index contributed by atoms with van der Waals surface area (Å²) in [7, 11) is -1.92. The normalized spacial score (nSPS) is 18.1. The molecule has 0 radical (unpaired) electrons. The van der Waals surface area contributed by atoms with Gasteiger partial charge in [0.1, 0.15) is 11.7 Å². The number of hydrogen-bond donors (Lipinski definition) is 0. The van der Waals surface area contributed by atoms with Gasteiger partial charge in [-0.2, -0.15) is 4.98 Å². The number of carbonyl (C=O) groups excluding carboxylic acids is 1. The van der Waals surface area contributed by atoms with Gasteiger partial charge in [-0.1, -0.05) is 18.0 Å². The minimum atomic E-state index is -3.24. The molecule has 1 saturated carbocycles. The van der Waals surface area contributed by atoms with Crippen molar-refractivity contribution in [1.29, 1.82) is 0 Å². The molecule has 7 nitrogen and oxygen atoms in total. The van der Waals surface area contributed by atoms with E-state index in [1.807, 2.05) is 0 Å². The van der Waals surface area contributed by atoms with Crippen LogP contribution in [0.1, 0.15) is 43.3 Å². The van der Waals surface area contributed by atoms with Gasteiger partial charge in [0.2, 0.25) is 5.89 Å². The zero-order chi connectivity index (χ0) is 14.8. The molecule has 0 N–H and O–H groups in total. The molecule has 1 heterocycles. The largest absolute Gasteiger partial charge is 0.468 e. The van der Waals surface area contributed by atoms with Crippen molar-refractivity contribution < 1.29 is 22.5 Å². The minimum absolute atomic E-state index is 0.0781. The lowest BCUT2D eigenvalue weighted by Gasteiger charge is -2.16. The highest BCUT2D eigenvalue weighted by Gasteiger charge is 2.37. The monoisotopic (exact) mass is 302 g/mol. The summed E-state index contributed by atoms with van der Waals surface area (Å²) in [6.45, 7) is 0. The number of sulfone groups is 1. The Morgan fingerprint density at radius 2 is 2.10 bits per heavy atom. The number of carbonyl (C=O) groups is 1. The summed E-state index contributed by atoms with van der Waals surface area (Å²) in [5, 5.41) is 3.64. The molecule has 0 aromatic carbocycles. The molecule has 1 unspecified atom stereocenters. The van der Waals surface area contributed by atoms with Gasteiger partial charge >= 0.3 is 5.97 Å². The van der Waals surface area contributed by atoms with Crippen LogP contribution in [0.2, 0.25) is 0 Å². The number of aromatic nitrogens is 2. The van der Waals surface area contributed by atoms with Crippen molar-refractivity contribution in [3.8, 4) is 0 Å². The number of ether oxygens (including phenoxy) is 1. The molecule has 0 aliphatic heterocycles. The Morgan fingerprint density at radius 3 is 2.65 bits per heavy atom. The fraction of sp³-hybridized carbons (Fsp3) is 0.750. The second kappa shape index (κ2) is 5.90. The number of methoxy groups -OCH3 is 1. The van der Waals surface area contributed by atoms with Crippen LogP contribution in [0.5, 0.6) is 0 Å². The van der Waals surface area contributed by atoms with Gasteiger partial charge in [0.15, 0.2) is 15.7 Å². The van der Waals surface area contributed by atoms with Crippen LogP contribution in [-0.2, 0) is 25.1 Å². The molecule has 1 aromatic heterocycles. The van der Waals surface area contributed by atoms with Crippen LogP contribution in [-0.4, -0.2) is 37.9 Å². The molecule has 1 atom stereocenters. The van der Waals surface area contributed by atoms with Crippen LogP contribution in [0.25, 0.3) is 0 Å². The van der Waals surface area contributed by atoms with Crippen LogP contribution in [0, 0.1) is 5.92 Å². The summed E-state index contributed by atoms with van der Waals surface area (Å²) in [4.78, 5) is 16.0. The maximum atomic E-state index is 11.9. The lowest BCUT2D eigenvalue weighted by Crippen LogP contribution is -2.22. The quantitative estimate of drug-likeness (QED) is 0.750. The number of nitrogens with zero attached hydrogens (tertiary/aromatic N) is 2. The molecule has 20 heavy (non-hydrogen) atoms. The molecule has 8 heteroatoms. The van der Waals surface area contributed by atoms with Crippen molar-refractivity contribution in [2.24, 2.45) is 5.92 Å². The molecule has 112 valence electrons. The fourth-order valence-corrected chi connectivity index (χ4v) is 3.19. The lowest BCUT2D eigenvalue weighted by molar-refractivity contribution is -0.144. The van der Waals surface area contributed by atoms with E-state index in [4.69, 9.17) is 9.26 Å². The first-order valence-electron chi connectivity index (χ1n) is 6.49. The van der Waals surface area contributed by atoms with E-state index in [1.165, 1.54) is 7.11 Å². The summed E-state index contributed by atoms with van der Waals surface area (Å²) in [5.74, 6) is -0.949. The first-order chi connectivity index (χ1) is 9.40.